The molecule has 0 amide bonds. The second kappa shape index (κ2) is 2.27. The molecule has 1 unspecified atom stereocenters. The molecule has 0 bridgehead atoms. The minimum absolute atomic E-state index is 0.277. The summed E-state index contributed by atoms with van der Waals surface area (Å²) in [6, 6.07) is -1.82. The Morgan fingerprint density at radius 2 is 2.33 bits per heavy atom. The van der Waals surface area contributed by atoms with E-state index in [-0.39, 0.29) is 5.92 Å². The summed E-state index contributed by atoms with van der Waals surface area (Å²) < 4.78 is 53.2. The average Bonchev–Trinajstić information content (AvgIpc) is 2.79. The summed E-state index contributed by atoms with van der Waals surface area (Å²) in [6.07, 6.45) is 1.33. The quantitative estimate of drug-likeness (QED) is 0.524. The van der Waals surface area contributed by atoms with E-state index in [1.165, 1.54) is 0 Å². The Morgan fingerprint density at radius 3 is 3.11 bits per heavy atom. The van der Waals surface area contributed by atoms with Gasteiger partial charge in [-0.2, -0.15) is 0 Å². The maximum atomic E-state index is 8.02. The molecule has 1 atom stereocenters. The number of hydrogen-bond acceptors (Lipinski definition) is 2. The minimum Gasteiger partial charge on any atom is -0.314 e. The predicted molar refractivity (Wildman–Crippen MR) is 37.4 cm³/mol. The van der Waals surface area contributed by atoms with Gasteiger partial charge in [0.05, 0.1) is 0 Å². The molecule has 0 radical (unpaired) electrons. The zero-order valence-corrected chi connectivity index (χ0v) is 4.99. The van der Waals surface area contributed by atoms with Crippen molar-refractivity contribution in [2.45, 2.75) is 18.9 Å². The van der Waals surface area contributed by atoms with E-state index in [0.717, 1.165) is 0 Å². The zero-order chi connectivity index (χ0) is 12.4. The third kappa shape index (κ3) is 1.25. The molecule has 2 rings (SSSR count). The van der Waals surface area contributed by atoms with E-state index in [1.54, 1.807) is 0 Å². The van der Waals surface area contributed by atoms with Crippen molar-refractivity contribution in [3.63, 3.8) is 0 Å². The van der Waals surface area contributed by atoms with Crippen LogP contribution < -0.4 is 10.6 Å². The Morgan fingerprint density at radius 1 is 1.44 bits per heavy atom. The molecule has 1 saturated carbocycles. The van der Waals surface area contributed by atoms with Gasteiger partial charge >= 0.3 is 0 Å². The van der Waals surface area contributed by atoms with Crippen LogP contribution in [0.4, 0.5) is 0 Å². The Hall–Kier alpha value is -0.0800. The predicted octanol–water partition coefficient (Wildman–Crippen LogP) is -0.0422. The number of rotatable bonds is 1. The van der Waals surface area contributed by atoms with Crippen molar-refractivity contribution in [3.8, 4) is 0 Å². The molecule has 52 valence electrons. The van der Waals surface area contributed by atoms with Crippen LogP contribution >= 0.6 is 0 Å². The SMILES string of the molecule is [2H]C1([2H])NC([2H])([2H])C([2H])(C2CC2)NC1([2H])[2H]. The molecule has 0 spiro atoms. The summed E-state index contributed by atoms with van der Waals surface area (Å²) in [5.41, 5.74) is 0. The summed E-state index contributed by atoms with van der Waals surface area (Å²) in [7, 11) is 0. The summed E-state index contributed by atoms with van der Waals surface area (Å²) in [4.78, 5) is 0. The molecule has 2 heteroatoms. The molecule has 1 aliphatic heterocycles. The largest absolute Gasteiger partial charge is 0.314 e. The topological polar surface area (TPSA) is 24.1 Å². The molecule has 0 aromatic heterocycles. The molecular weight excluding hydrogens is 112 g/mol. The van der Waals surface area contributed by atoms with E-state index >= 15 is 0 Å². The molecular formula is C7H14N2. The van der Waals surface area contributed by atoms with Gasteiger partial charge in [-0.1, -0.05) is 0 Å². The van der Waals surface area contributed by atoms with Crippen LogP contribution in [-0.4, -0.2) is 25.5 Å². The lowest BCUT2D eigenvalue weighted by molar-refractivity contribution is 0.385. The Balaban J connectivity index is 2.36. The van der Waals surface area contributed by atoms with Gasteiger partial charge in [-0.15, -0.1) is 0 Å². The highest BCUT2D eigenvalue weighted by molar-refractivity contribution is 4.89. The molecule has 1 saturated heterocycles. The van der Waals surface area contributed by atoms with Crippen molar-refractivity contribution < 1.29 is 9.60 Å². The molecule has 2 aliphatic rings. The highest BCUT2D eigenvalue weighted by Gasteiger charge is 2.31. The molecule has 9 heavy (non-hydrogen) atoms. The van der Waals surface area contributed by atoms with Gasteiger partial charge < -0.3 is 10.6 Å². The Labute approximate surface area is 65.9 Å². The molecule has 0 aromatic rings. The summed E-state index contributed by atoms with van der Waals surface area (Å²) in [6.45, 7) is -7.32. The monoisotopic (exact) mass is 133 g/mol. The Bertz CT molecular complexity index is 314. The van der Waals surface area contributed by atoms with Crippen LogP contribution in [0, 0.1) is 5.92 Å². The van der Waals surface area contributed by atoms with Gasteiger partial charge in [0.2, 0.25) is 0 Å². The third-order valence-electron chi connectivity index (χ3n) is 1.50. The van der Waals surface area contributed by atoms with E-state index in [4.69, 9.17) is 9.60 Å². The third-order valence-corrected chi connectivity index (χ3v) is 1.50. The van der Waals surface area contributed by atoms with Crippen molar-refractivity contribution in [3.05, 3.63) is 0 Å². The average molecular weight is 133 g/mol. The first-order valence-corrected chi connectivity index (χ1v) is 3.11. The first-order valence-electron chi connectivity index (χ1n) is 6.61. The van der Waals surface area contributed by atoms with Crippen LogP contribution in [0.15, 0.2) is 0 Å². The number of hydrogen-bond donors (Lipinski definition) is 2. The van der Waals surface area contributed by atoms with Gasteiger partial charge in [-0.25, -0.2) is 0 Å². The summed E-state index contributed by atoms with van der Waals surface area (Å²) >= 11 is 0. The molecule has 2 nitrogen and oxygen atoms in total. The maximum Gasteiger partial charge on any atom is 0.0481 e. The lowest BCUT2D eigenvalue weighted by atomic mass is 10.1. The lowest BCUT2D eigenvalue weighted by Gasteiger charge is -2.23. The minimum atomic E-state index is -2.55. The molecule has 2 fully saturated rings. The van der Waals surface area contributed by atoms with E-state index in [0.29, 0.717) is 12.8 Å². The first kappa shape index (κ1) is 1.95. The standard InChI is InChI=1S/C7H14N2/c1-2-6(1)7-5-8-3-4-9-7/h6-9H,1-5H2/i3D2,4D2,5D2,7D. The Kier molecular flexibility index (Phi) is 0.493. The summed E-state index contributed by atoms with van der Waals surface area (Å²) in [5.74, 6) is -0.277. The highest BCUT2D eigenvalue weighted by atomic mass is 15.1. The molecule has 1 aliphatic carbocycles. The first-order chi connectivity index (χ1) is 7.02. The van der Waals surface area contributed by atoms with Crippen LogP contribution in [0.2, 0.25) is 0 Å². The van der Waals surface area contributed by atoms with E-state index in [2.05, 4.69) is 5.32 Å². The van der Waals surface area contributed by atoms with Crippen LogP contribution in [0.1, 0.15) is 22.4 Å². The van der Waals surface area contributed by atoms with Gasteiger partial charge in [0.1, 0.15) is 0 Å². The van der Waals surface area contributed by atoms with E-state index in [9.17, 15) is 0 Å². The van der Waals surface area contributed by atoms with Crippen molar-refractivity contribution >= 4 is 0 Å². The van der Waals surface area contributed by atoms with Gasteiger partial charge in [-0.3, -0.25) is 0 Å². The fraction of sp³-hybridized carbons (Fsp3) is 1.00. The normalized spacial score (nSPS) is 73.1. The maximum absolute atomic E-state index is 8.02. The lowest BCUT2D eigenvalue weighted by Crippen LogP contribution is -2.49. The smallest absolute Gasteiger partial charge is 0.0481 e. The van der Waals surface area contributed by atoms with Crippen LogP contribution in [0.3, 0.4) is 0 Å². The number of piperazine rings is 1. The van der Waals surface area contributed by atoms with Crippen LogP contribution in [0.5, 0.6) is 0 Å². The fourth-order valence-corrected chi connectivity index (χ4v) is 0.836. The second-order valence-electron chi connectivity index (χ2n) is 2.31. The van der Waals surface area contributed by atoms with Crippen molar-refractivity contribution in [2.75, 3.05) is 19.5 Å². The number of nitrogens with one attached hydrogen (secondary N) is 2. The highest BCUT2D eigenvalue weighted by Crippen LogP contribution is 2.32. The van der Waals surface area contributed by atoms with Crippen molar-refractivity contribution in [2.24, 2.45) is 5.92 Å². The fourth-order valence-electron chi connectivity index (χ4n) is 0.836. The van der Waals surface area contributed by atoms with Crippen LogP contribution in [0.25, 0.3) is 0 Å². The molecule has 1 heterocycles. The second-order valence-corrected chi connectivity index (χ2v) is 2.31. The van der Waals surface area contributed by atoms with Gasteiger partial charge in [0.25, 0.3) is 0 Å². The zero-order valence-electron chi connectivity index (χ0n) is 12.0. The van der Waals surface area contributed by atoms with E-state index < -0.39 is 25.5 Å². The van der Waals surface area contributed by atoms with Crippen molar-refractivity contribution in [1.29, 1.82) is 0 Å². The van der Waals surface area contributed by atoms with Crippen molar-refractivity contribution in [1.82, 2.24) is 10.6 Å². The molecule has 2 N–H and O–H groups in total. The van der Waals surface area contributed by atoms with E-state index in [1.807, 2.05) is 5.32 Å². The van der Waals surface area contributed by atoms with Gasteiger partial charge in [0.15, 0.2) is 0 Å². The summed E-state index contributed by atoms with van der Waals surface area (Å²) in [5, 5.41) is 4.17. The molecule has 0 aromatic carbocycles. The van der Waals surface area contributed by atoms with Gasteiger partial charge in [0, 0.05) is 35.1 Å². The van der Waals surface area contributed by atoms with Crippen LogP contribution in [-0.2, 0) is 0 Å². The van der Waals surface area contributed by atoms with Gasteiger partial charge in [-0.05, 0) is 18.8 Å².